The second-order valence-corrected chi connectivity index (χ2v) is 7.74. The van der Waals surface area contributed by atoms with Crippen LogP contribution in [0.3, 0.4) is 0 Å². The number of carbonyl (C=O) groups excluding carboxylic acids is 1. The van der Waals surface area contributed by atoms with Crippen molar-refractivity contribution in [2.75, 3.05) is 7.11 Å². The number of rotatable bonds is 7. The molecule has 0 aliphatic rings. The summed E-state index contributed by atoms with van der Waals surface area (Å²) in [6.07, 6.45) is 2.58. The fraction of sp³-hybridized carbons (Fsp3) is 0.292. The topological polar surface area (TPSA) is 82.2 Å². The van der Waals surface area contributed by atoms with Crippen molar-refractivity contribution < 1.29 is 14.1 Å². The van der Waals surface area contributed by atoms with Crippen molar-refractivity contribution in [3.63, 3.8) is 0 Å². The molecule has 0 bridgehead atoms. The Bertz CT molecular complexity index is 1210. The molecule has 1 amide bonds. The zero-order valence-electron chi connectivity index (χ0n) is 18.2. The molecule has 3 aromatic heterocycles. The van der Waals surface area contributed by atoms with Crippen LogP contribution in [0, 0.1) is 13.8 Å². The minimum atomic E-state index is -0.0653. The number of carbonyl (C=O) groups is 1. The first-order chi connectivity index (χ1) is 15.0. The van der Waals surface area contributed by atoms with Gasteiger partial charge < -0.3 is 19.1 Å². The highest BCUT2D eigenvalue weighted by Crippen LogP contribution is 2.27. The number of fused-ring (bicyclic) bond motifs is 1. The molecule has 0 saturated heterocycles. The van der Waals surface area contributed by atoms with Crippen LogP contribution in [0.1, 0.15) is 23.9 Å². The minimum Gasteiger partial charge on any atom is -0.496 e. The first-order valence-electron chi connectivity index (χ1n) is 10.3. The lowest BCUT2D eigenvalue weighted by molar-refractivity contribution is -0.122. The number of hydrogen-bond donors (Lipinski definition) is 1. The van der Waals surface area contributed by atoms with E-state index in [2.05, 4.69) is 10.5 Å². The van der Waals surface area contributed by atoms with Crippen LogP contribution in [0.25, 0.3) is 22.3 Å². The van der Waals surface area contributed by atoms with E-state index < -0.39 is 0 Å². The summed E-state index contributed by atoms with van der Waals surface area (Å²) in [6, 6.07) is 13.7. The van der Waals surface area contributed by atoms with Gasteiger partial charge in [0.15, 0.2) is 0 Å². The Hall–Kier alpha value is -3.61. The average molecular weight is 418 g/mol. The number of benzene rings is 1. The first-order valence-corrected chi connectivity index (χ1v) is 10.3. The molecule has 1 atom stereocenters. The van der Waals surface area contributed by atoms with E-state index in [1.807, 2.05) is 74.0 Å². The molecule has 31 heavy (non-hydrogen) atoms. The second-order valence-electron chi connectivity index (χ2n) is 7.74. The number of pyridine rings is 1. The molecule has 7 nitrogen and oxygen atoms in total. The third-order valence-corrected chi connectivity index (χ3v) is 5.34. The third kappa shape index (κ3) is 4.30. The number of amides is 1. The van der Waals surface area contributed by atoms with Crippen molar-refractivity contribution in [2.45, 2.75) is 39.8 Å². The summed E-state index contributed by atoms with van der Waals surface area (Å²) in [5.74, 6) is 1.49. The highest BCUT2D eigenvalue weighted by Gasteiger charge is 2.16. The summed E-state index contributed by atoms with van der Waals surface area (Å²) in [5.41, 5.74) is 4.29. The van der Waals surface area contributed by atoms with Crippen LogP contribution < -0.4 is 10.1 Å². The summed E-state index contributed by atoms with van der Waals surface area (Å²) >= 11 is 0. The quantitative estimate of drug-likeness (QED) is 0.489. The number of ether oxygens (including phenoxy) is 1. The normalized spacial score (nSPS) is 12.1. The van der Waals surface area contributed by atoms with Crippen molar-refractivity contribution in [1.29, 1.82) is 0 Å². The van der Waals surface area contributed by atoms with Crippen LogP contribution in [0.15, 0.2) is 53.2 Å². The lowest BCUT2D eigenvalue weighted by Gasteiger charge is -2.16. The molecular formula is C24H26N4O3. The Morgan fingerprint density at radius 3 is 2.74 bits per heavy atom. The van der Waals surface area contributed by atoms with Crippen LogP contribution in [0.4, 0.5) is 0 Å². The Kier molecular flexibility index (Phi) is 5.75. The van der Waals surface area contributed by atoms with Gasteiger partial charge in [-0.1, -0.05) is 23.4 Å². The van der Waals surface area contributed by atoms with Crippen molar-refractivity contribution in [2.24, 2.45) is 0 Å². The lowest BCUT2D eigenvalue weighted by Crippen LogP contribution is -2.36. The summed E-state index contributed by atoms with van der Waals surface area (Å²) in [5, 5.41) is 8.07. The van der Waals surface area contributed by atoms with Gasteiger partial charge in [0.1, 0.15) is 23.7 Å². The number of nitrogens with one attached hydrogen (secondary N) is 1. The molecule has 160 valence electrons. The third-order valence-electron chi connectivity index (χ3n) is 5.34. The van der Waals surface area contributed by atoms with Crippen LogP contribution in [0.5, 0.6) is 5.75 Å². The largest absolute Gasteiger partial charge is 0.496 e. The molecule has 1 N–H and O–H groups in total. The van der Waals surface area contributed by atoms with Gasteiger partial charge in [0.05, 0.1) is 24.1 Å². The van der Waals surface area contributed by atoms with Crippen LogP contribution >= 0.6 is 0 Å². The van der Waals surface area contributed by atoms with Gasteiger partial charge >= 0.3 is 0 Å². The summed E-state index contributed by atoms with van der Waals surface area (Å²) in [4.78, 5) is 17.5. The first kappa shape index (κ1) is 20.7. The van der Waals surface area contributed by atoms with E-state index in [4.69, 9.17) is 14.2 Å². The fourth-order valence-corrected chi connectivity index (χ4v) is 3.90. The smallest absolute Gasteiger partial charge is 0.240 e. The summed E-state index contributed by atoms with van der Waals surface area (Å²) in [6.45, 7) is 5.95. The van der Waals surface area contributed by atoms with Gasteiger partial charge in [0.2, 0.25) is 5.91 Å². The maximum atomic E-state index is 12.7. The molecule has 0 radical (unpaired) electrons. The Morgan fingerprint density at radius 2 is 2.00 bits per heavy atom. The van der Waals surface area contributed by atoms with Crippen molar-refractivity contribution in [3.05, 3.63) is 65.7 Å². The van der Waals surface area contributed by atoms with Crippen molar-refractivity contribution >= 4 is 16.9 Å². The van der Waals surface area contributed by atoms with E-state index in [9.17, 15) is 4.79 Å². The average Bonchev–Trinajstić information content (AvgIpc) is 3.30. The second kappa shape index (κ2) is 8.63. The van der Waals surface area contributed by atoms with Gasteiger partial charge in [-0.2, -0.15) is 0 Å². The van der Waals surface area contributed by atoms with Gasteiger partial charge in [-0.3, -0.25) is 4.79 Å². The molecule has 0 spiro atoms. The zero-order chi connectivity index (χ0) is 22.0. The zero-order valence-corrected chi connectivity index (χ0v) is 18.2. The van der Waals surface area contributed by atoms with Crippen LogP contribution in [-0.2, 0) is 17.8 Å². The minimum absolute atomic E-state index is 0.0311. The molecule has 0 fully saturated rings. The van der Waals surface area contributed by atoms with Gasteiger partial charge in [0, 0.05) is 17.6 Å². The SMILES string of the molecule is COc1ccccc1CC(C)NC(=O)Cn1ccc2ccc(-c3c(C)noc3C)nc21. The van der Waals surface area contributed by atoms with E-state index >= 15 is 0 Å². The lowest BCUT2D eigenvalue weighted by atomic mass is 10.1. The van der Waals surface area contributed by atoms with E-state index in [1.165, 1.54) is 0 Å². The molecule has 0 aliphatic heterocycles. The molecule has 4 aromatic rings. The number of nitrogens with zero attached hydrogens (tertiary/aromatic N) is 3. The predicted molar refractivity (Wildman–Crippen MR) is 119 cm³/mol. The molecule has 1 aromatic carbocycles. The van der Waals surface area contributed by atoms with Crippen molar-refractivity contribution in [3.8, 4) is 17.0 Å². The molecule has 7 heteroatoms. The monoisotopic (exact) mass is 418 g/mol. The molecule has 4 rings (SSSR count). The van der Waals surface area contributed by atoms with E-state index in [0.717, 1.165) is 45.1 Å². The van der Waals surface area contributed by atoms with Gasteiger partial charge in [-0.15, -0.1) is 0 Å². The molecule has 1 unspecified atom stereocenters. The number of aromatic nitrogens is 3. The maximum absolute atomic E-state index is 12.7. The number of para-hydroxylation sites is 1. The Balaban J connectivity index is 1.49. The van der Waals surface area contributed by atoms with Gasteiger partial charge in [0.25, 0.3) is 0 Å². The predicted octanol–water partition coefficient (Wildman–Crippen LogP) is 4.06. The Labute approximate surface area is 181 Å². The van der Waals surface area contributed by atoms with Gasteiger partial charge in [-0.25, -0.2) is 4.98 Å². The fourth-order valence-electron chi connectivity index (χ4n) is 3.90. The van der Waals surface area contributed by atoms with E-state index in [1.54, 1.807) is 7.11 Å². The molecular weight excluding hydrogens is 392 g/mol. The van der Waals surface area contributed by atoms with Crippen LogP contribution in [-0.4, -0.2) is 33.8 Å². The van der Waals surface area contributed by atoms with E-state index in [-0.39, 0.29) is 18.5 Å². The number of aryl methyl sites for hydroxylation is 2. The molecule has 0 saturated carbocycles. The molecule has 3 heterocycles. The maximum Gasteiger partial charge on any atom is 0.240 e. The number of methoxy groups -OCH3 is 1. The Morgan fingerprint density at radius 1 is 1.19 bits per heavy atom. The van der Waals surface area contributed by atoms with Crippen LogP contribution in [0.2, 0.25) is 0 Å². The summed E-state index contributed by atoms with van der Waals surface area (Å²) < 4.78 is 12.5. The highest BCUT2D eigenvalue weighted by molar-refractivity contribution is 5.83. The van der Waals surface area contributed by atoms with Gasteiger partial charge in [-0.05, 0) is 57.0 Å². The summed E-state index contributed by atoms with van der Waals surface area (Å²) in [7, 11) is 1.66. The number of hydrogen-bond acceptors (Lipinski definition) is 5. The highest BCUT2D eigenvalue weighted by atomic mass is 16.5. The standard InChI is InChI=1S/C24H26N4O3/c1-15(13-19-7-5-6-8-21(19)30-4)25-22(29)14-28-12-11-18-9-10-20(26-24(18)28)23-16(2)27-31-17(23)3/h5-12,15H,13-14H2,1-4H3,(H,25,29). The molecule has 0 aliphatic carbocycles. The van der Waals surface area contributed by atoms with Crippen molar-refractivity contribution in [1.82, 2.24) is 20.0 Å². The van der Waals surface area contributed by atoms with E-state index in [0.29, 0.717) is 6.42 Å².